The average Bonchev–Trinajstić information content (AvgIpc) is 3.39. The van der Waals surface area contributed by atoms with Gasteiger partial charge in [0.1, 0.15) is 13.2 Å². The molecule has 6 heteroatoms. The summed E-state index contributed by atoms with van der Waals surface area (Å²) in [6.45, 7) is 6.51. The van der Waals surface area contributed by atoms with Crippen molar-refractivity contribution in [2.75, 3.05) is 13.2 Å². The molecule has 0 heterocycles. The van der Waals surface area contributed by atoms with E-state index in [0.29, 0.717) is 19.3 Å². The zero-order valence-electron chi connectivity index (χ0n) is 48.1. The Bertz CT molecular complexity index is 1400. The summed E-state index contributed by atoms with van der Waals surface area (Å²) < 4.78 is 16.9. The number of hydrogen-bond donors (Lipinski definition) is 0. The van der Waals surface area contributed by atoms with Gasteiger partial charge in [-0.2, -0.15) is 0 Å². The smallest absolute Gasteiger partial charge is 0.306 e. The standard InChI is InChI=1S/C67H116O6/c1-4-7-10-13-16-19-22-25-28-30-32-33-35-36-39-42-45-48-51-54-57-60-66(69)72-63-64(62-71-65(68)59-56-53-50-47-44-41-38-27-24-21-18-15-12-9-6-3)73-67(70)61-58-55-52-49-46-43-40-37-34-31-29-26-23-20-17-14-11-8-5-2/h9,12,18,21-22,25-27,29-30,32,35-36,38,64H,4-8,10-11,13-17,19-20,23-24,28,31,33-34,37,39-63H2,1-3H3/b12-9-,21-18-,25-22-,29-26-,32-30-,36-35-,38-27-. The van der Waals surface area contributed by atoms with Crippen molar-refractivity contribution in [2.45, 2.75) is 309 Å². The van der Waals surface area contributed by atoms with Gasteiger partial charge in [0.05, 0.1) is 0 Å². The Morgan fingerprint density at radius 3 is 0.849 bits per heavy atom. The monoisotopic (exact) mass is 1020 g/mol. The molecule has 0 saturated heterocycles. The van der Waals surface area contributed by atoms with Crippen molar-refractivity contribution >= 4 is 17.9 Å². The summed E-state index contributed by atoms with van der Waals surface area (Å²) in [5, 5.41) is 0. The van der Waals surface area contributed by atoms with Crippen LogP contribution in [0.25, 0.3) is 0 Å². The van der Waals surface area contributed by atoms with Gasteiger partial charge in [-0.15, -0.1) is 0 Å². The number of esters is 3. The van der Waals surface area contributed by atoms with Crippen LogP contribution in [0.2, 0.25) is 0 Å². The Kier molecular flexibility index (Phi) is 58.3. The van der Waals surface area contributed by atoms with Crippen molar-refractivity contribution in [3.63, 3.8) is 0 Å². The molecule has 0 aliphatic heterocycles. The highest BCUT2D eigenvalue weighted by Gasteiger charge is 2.19. The van der Waals surface area contributed by atoms with Gasteiger partial charge in [-0.3, -0.25) is 14.4 Å². The highest BCUT2D eigenvalue weighted by Crippen LogP contribution is 2.15. The summed E-state index contributed by atoms with van der Waals surface area (Å²) in [6, 6.07) is 0. The molecule has 0 spiro atoms. The van der Waals surface area contributed by atoms with Crippen molar-refractivity contribution in [1.29, 1.82) is 0 Å². The molecule has 0 aliphatic rings. The lowest BCUT2D eigenvalue weighted by molar-refractivity contribution is -0.167. The van der Waals surface area contributed by atoms with Gasteiger partial charge in [0.15, 0.2) is 6.10 Å². The van der Waals surface area contributed by atoms with Crippen molar-refractivity contribution < 1.29 is 28.6 Å². The summed E-state index contributed by atoms with van der Waals surface area (Å²) in [5.41, 5.74) is 0. The van der Waals surface area contributed by atoms with Crippen molar-refractivity contribution in [2.24, 2.45) is 0 Å². The minimum atomic E-state index is -0.792. The normalized spacial score (nSPS) is 12.6. The van der Waals surface area contributed by atoms with Crippen LogP contribution >= 0.6 is 0 Å². The molecule has 0 aromatic heterocycles. The van der Waals surface area contributed by atoms with Gasteiger partial charge in [-0.1, -0.05) is 254 Å². The summed E-state index contributed by atoms with van der Waals surface area (Å²) in [4.78, 5) is 38.3. The van der Waals surface area contributed by atoms with Crippen LogP contribution < -0.4 is 0 Å². The van der Waals surface area contributed by atoms with E-state index in [1.165, 1.54) is 148 Å². The van der Waals surface area contributed by atoms with Crippen LogP contribution in [-0.2, 0) is 28.6 Å². The topological polar surface area (TPSA) is 78.9 Å². The number of unbranched alkanes of at least 4 members (excludes halogenated alkanes) is 31. The van der Waals surface area contributed by atoms with Gasteiger partial charge in [0.25, 0.3) is 0 Å². The van der Waals surface area contributed by atoms with Crippen molar-refractivity contribution in [3.05, 3.63) is 85.1 Å². The first kappa shape index (κ1) is 69.6. The van der Waals surface area contributed by atoms with E-state index in [2.05, 4.69) is 106 Å². The molecule has 420 valence electrons. The minimum absolute atomic E-state index is 0.0893. The first-order valence-electron chi connectivity index (χ1n) is 31.1. The summed E-state index contributed by atoms with van der Waals surface area (Å²) in [5.74, 6) is -0.910. The van der Waals surface area contributed by atoms with E-state index in [-0.39, 0.29) is 31.1 Å². The predicted molar refractivity (Wildman–Crippen MR) is 316 cm³/mol. The highest BCUT2D eigenvalue weighted by atomic mass is 16.6. The van der Waals surface area contributed by atoms with Crippen molar-refractivity contribution in [3.8, 4) is 0 Å². The van der Waals surface area contributed by atoms with Crippen LogP contribution in [0.4, 0.5) is 0 Å². The van der Waals surface area contributed by atoms with Gasteiger partial charge in [-0.05, 0) is 116 Å². The van der Waals surface area contributed by atoms with Crippen LogP contribution in [0.15, 0.2) is 85.1 Å². The summed E-state index contributed by atoms with van der Waals surface area (Å²) in [6.07, 6.45) is 80.0. The Morgan fingerprint density at radius 2 is 0.534 bits per heavy atom. The molecule has 6 nitrogen and oxygen atoms in total. The lowest BCUT2D eigenvalue weighted by Gasteiger charge is -2.18. The molecule has 1 atom stereocenters. The van der Waals surface area contributed by atoms with Gasteiger partial charge < -0.3 is 14.2 Å². The predicted octanol–water partition coefficient (Wildman–Crippen LogP) is 21.1. The molecule has 0 fully saturated rings. The van der Waals surface area contributed by atoms with E-state index < -0.39 is 6.10 Å². The lowest BCUT2D eigenvalue weighted by atomic mass is 10.1. The minimum Gasteiger partial charge on any atom is -0.462 e. The molecule has 0 bridgehead atoms. The van der Waals surface area contributed by atoms with E-state index in [9.17, 15) is 14.4 Å². The second kappa shape index (κ2) is 61.1. The third-order valence-electron chi connectivity index (χ3n) is 13.4. The molecule has 1 unspecified atom stereocenters. The Hall–Kier alpha value is -3.41. The molecule has 0 N–H and O–H groups in total. The first-order chi connectivity index (χ1) is 36.0. The molecule has 0 aliphatic carbocycles. The second-order valence-electron chi connectivity index (χ2n) is 20.6. The van der Waals surface area contributed by atoms with Gasteiger partial charge in [0.2, 0.25) is 0 Å². The zero-order chi connectivity index (χ0) is 52.9. The third-order valence-corrected chi connectivity index (χ3v) is 13.4. The van der Waals surface area contributed by atoms with Gasteiger partial charge >= 0.3 is 17.9 Å². The quantitative estimate of drug-likeness (QED) is 0.0261. The lowest BCUT2D eigenvalue weighted by Crippen LogP contribution is -2.30. The Balaban J connectivity index is 4.41. The molecule has 73 heavy (non-hydrogen) atoms. The number of carbonyl (C=O) groups is 3. The summed E-state index contributed by atoms with van der Waals surface area (Å²) >= 11 is 0. The van der Waals surface area contributed by atoms with E-state index in [4.69, 9.17) is 14.2 Å². The van der Waals surface area contributed by atoms with Crippen LogP contribution in [0.3, 0.4) is 0 Å². The van der Waals surface area contributed by atoms with Gasteiger partial charge in [-0.25, -0.2) is 0 Å². The van der Waals surface area contributed by atoms with E-state index in [0.717, 1.165) is 116 Å². The SMILES string of the molecule is CC/C=C\C/C=C\C/C=C\CCCCCCCC(=O)OCC(COC(=O)CCCCCCCC/C=C\C/C=C\C/C=C\CCCCCCC)OC(=O)CCCCCCCCCCC/C=C\CCCCCCCC. The fourth-order valence-corrected chi connectivity index (χ4v) is 8.69. The molecule has 0 aromatic rings. The first-order valence-corrected chi connectivity index (χ1v) is 31.1. The molecular weight excluding hydrogens is 901 g/mol. The largest absolute Gasteiger partial charge is 0.462 e. The maximum Gasteiger partial charge on any atom is 0.306 e. The maximum atomic E-state index is 12.9. The fourth-order valence-electron chi connectivity index (χ4n) is 8.69. The zero-order valence-corrected chi connectivity index (χ0v) is 48.1. The van der Waals surface area contributed by atoms with E-state index in [1.54, 1.807) is 0 Å². The van der Waals surface area contributed by atoms with Crippen LogP contribution in [-0.4, -0.2) is 37.2 Å². The summed E-state index contributed by atoms with van der Waals surface area (Å²) in [7, 11) is 0. The third kappa shape index (κ3) is 59.3. The fraction of sp³-hybridized carbons (Fsp3) is 0.746. The number of ether oxygens (including phenoxy) is 3. The van der Waals surface area contributed by atoms with Crippen LogP contribution in [0.1, 0.15) is 303 Å². The number of allylic oxidation sites excluding steroid dienone is 14. The Labute approximate surface area is 452 Å². The van der Waals surface area contributed by atoms with E-state index >= 15 is 0 Å². The maximum absolute atomic E-state index is 12.9. The second-order valence-corrected chi connectivity index (χ2v) is 20.6. The molecule has 0 rings (SSSR count). The van der Waals surface area contributed by atoms with E-state index in [1.807, 2.05) is 0 Å². The molecular formula is C67H116O6. The Morgan fingerprint density at radius 1 is 0.288 bits per heavy atom. The molecule has 0 saturated carbocycles. The number of carbonyl (C=O) groups excluding carboxylic acids is 3. The number of hydrogen-bond acceptors (Lipinski definition) is 6. The van der Waals surface area contributed by atoms with Crippen LogP contribution in [0, 0.1) is 0 Å². The van der Waals surface area contributed by atoms with Crippen LogP contribution in [0.5, 0.6) is 0 Å². The average molecular weight is 1020 g/mol. The number of rotatable bonds is 56. The molecule has 0 aromatic carbocycles. The molecule has 0 amide bonds. The van der Waals surface area contributed by atoms with Crippen molar-refractivity contribution in [1.82, 2.24) is 0 Å². The van der Waals surface area contributed by atoms with Gasteiger partial charge in [0, 0.05) is 19.3 Å². The highest BCUT2D eigenvalue weighted by molar-refractivity contribution is 5.71. The molecule has 0 radical (unpaired) electrons.